The summed E-state index contributed by atoms with van der Waals surface area (Å²) in [7, 11) is 1.60. The number of halogens is 1. The van der Waals surface area contributed by atoms with Crippen molar-refractivity contribution >= 4 is 34.4 Å². The highest BCUT2D eigenvalue weighted by Crippen LogP contribution is 2.31. The van der Waals surface area contributed by atoms with Crippen molar-refractivity contribution < 1.29 is 19.1 Å². The van der Waals surface area contributed by atoms with E-state index in [1.54, 1.807) is 35.9 Å². The number of nitrogens with zero attached hydrogens (tertiary/aromatic N) is 1. The second kappa shape index (κ2) is 14.1. The number of fused-ring (bicyclic) bond motifs is 1. The van der Waals surface area contributed by atoms with Crippen LogP contribution in [0.1, 0.15) is 86.3 Å². The van der Waals surface area contributed by atoms with Gasteiger partial charge >= 0.3 is 5.97 Å². The molecule has 0 aliphatic carbocycles. The molecule has 0 unspecified atom stereocenters. The highest BCUT2D eigenvalue weighted by molar-refractivity contribution is 6.30. The molecule has 194 valence electrons. The number of unbranched alkanes of at least 4 members (excludes halogenated alkanes) is 8. The van der Waals surface area contributed by atoms with Gasteiger partial charge in [-0.2, -0.15) is 0 Å². The van der Waals surface area contributed by atoms with Crippen LogP contribution in [0.15, 0.2) is 42.5 Å². The fourth-order valence-corrected chi connectivity index (χ4v) is 4.72. The quantitative estimate of drug-likeness (QED) is 0.163. The number of carbonyl (C=O) groups is 2. The molecule has 0 atom stereocenters. The number of carbonyl (C=O) groups excluding carboxylic acids is 2. The third-order valence-corrected chi connectivity index (χ3v) is 6.92. The summed E-state index contributed by atoms with van der Waals surface area (Å²) in [6.07, 6.45) is 11.0. The largest absolute Gasteiger partial charge is 0.497 e. The summed E-state index contributed by atoms with van der Waals surface area (Å²) in [5, 5.41) is 1.38. The summed E-state index contributed by atoms with van der Waals surface area (Å²) in [4.78, 5) is 26.1. The van der Waals surface area contributed by atoms with Crippen molar-refractivity contribution in [2.75, 3.05) is 13.7 Å². The Morgan fingerprint density at radius 2 is 1.53 bits per heavy atom. The van der Waals surface area contributed by atoms with Crippen LogP contribution >= 0.6 is 11.6 Å². The van der Waals surface area contributed by atoms with E-state index in [1.165, 1.54) is 44.9 Å². The van der Waals surface area contributed by atoms with E-state index < -0.39 is 0 Å². The van der Waals surface area contributed by atoms with Crippen LogP contribution in [-0.2, 0) is 16.0 Å². The van der Waals surface area contributed by atoms with Crippen molar-refractivity contribution in [1.29, 1.82) is 0 Å². The third kappa shape index (κ3) is 7.36. The van der Waals surface area contributed by atoms with Crippen LogP contribution in [0.2, 0.25) is 5.02 Å². The molecule has 0 aliphatic heterocycles. The molecule has 0 saturated heterocycles. The fourth-order valence-electron chi connectivity index (χ4n) is 4.59. The van der Waals surface area contributed by atoms with Crippen molar-refractivity contribution in [3.05, 3.63) is 64.3 Å². The van der Waals surface area contributed by atoms with Crippen molar-refractivity contribution in [1.82, 2.24) is 4.57 Å². The Kier molecular flexibility index (Phi) is 10.9. The molecular weight excluding hydrogens is 474 g/mol. The third-order valence-electron chi connectivity index (χ3n) is 6.67. The molecule has 0 radical (unpaired) electrons. The van der Waals surface area contributed by atoms with Crippen LogP contribution in [0.25, 0.3) is 10.9 Å². The Hall–Kier alpha value is -2.79. The maximum Gasteiger partial charge on any atom is 0.310 e. The predicted octanol–water partition coefficient (Wildman–Crippen LogP) is 7.92. The molecule has 3 aromatic rings. The SMILES string of the molecule is CCCCCCCCCCCOC(=O)Cc1c(C)n(C(=O)c2ccc(Cl)cc2)c2ccc(OC)cc12. The zero-order chi connectivity index (χ0) is 25.9. The van der Waals surface area contributed by atoms with Gasteiger partial charge in [0.25, 0.3) is 5.91 Å². The van der Waals surface area contributed by atoms with E-state index in [0.717, 1.165) is 35.0 Å². The van der Waals surface area contributed by atoms with Gasteiger partial charge in [-0.05, 0) is 61.4 Å². The lowest BCUT2D eigenvalue weighted by atomic mass is 10.1. The molecular formula is C30H38ClNO4. The standard InChI is InChI=1S/C30H38ClNO4/c1-4-5-6-7-8-9-10-11-12-19-36-29(33)21-26-22(2)32(28-18-17-25(35-3)20-27(26)28)30(34)23-13-15-24(31)16-14-23/h13-18,20H,4-12,19,21H2,1-3H3. The van der Waals surface area contributed by atoms with Gasteiger partial charge in [-0.1, -0.05) is 69.9 Å². The minimum absolute atomic E-state index is 0.105. The van der Waals surface area contributed by atoms with Crippen molar-refractivity contribution in [2.24, 2.45) is 0 Å². The Labute approximate surface area is 219 Å². The molecule has 0 amide bonds. The van der Waals surface area contributed by atoms with E-state index in [4.69, 9.17) is 21.1 Å². The van der Waals surface area contributed by atoms with Crippen LogP contribution in [0.3, 0.4) is 0 Å². The van der Waals surface area contributed by atoms with Gasteiger partial charge in [0.2, 0.25) is 0 Å². The van der Waals surface area contributed by atoms with Gasteiger partial charge in [0, 0.05) is 21.7 Å². The lowest BCUT2D eigenvalue weighted by Crippen LogP contribution is -2.14. The number of hydrogen-bond acceptors (Lipinski definition) is 4. The molecule has 6 heteroatoms. The highest BCUT2D eigenvalue weighted by atomic mass is 35.5. The van der Waals surface area contributed by atoms with Crippen molar-refractivity contribution in [3.8, 4) is 5.75 Å². The Morgan fingerprint density at radius 1 is 0.889 bits per heavy atom. The van der Waals surface area contributed by atoms with Crippen molar-refractivity contribution in [3.63, 3.8) is 0 Å². The number of hydrogen-bond donors (Lipinski definition) is 0. The molecule has 36 heavy (non-hydrogen) atoms. The molecule has 0 spiro atoms. The Balaban J connectivity index is 1.64. The topological polar surface area (TPSA) is 57.5 Å². The molecule has 3 rings (SSSR count). The number of aromatic nitrogens is 1. The van der Waals surface area contributed by atoms with Gasteiger partial charge in [-0.25, -0.2) is 0 Å². The second-order valence-electron chi connectivity index (χ2n) is 9.32. The average Bonchev–Trinajstić information content (AvgIpc) is 3.15. The van der Waals surface area contributed by atoms with Crippen LogP contribution in [0.5, 0.6) is 5.75 Å². The normalized spacial score (nSPS) is 11.1. The highest BCUT2D eigenvalue weighted by Gasteiger charge is 2.22. The average molecular weight is 512 g/mol. The number of esters is 1. The maximum absolute atomic E-state index is 13.4. The first-order chi connectivity index (χ1) is 17.5. The lowest BCUT2D eigenvalue weighted by Gasteiger charge is -2.08. The Morgan fingerprint density at radius 3 is 2.17 bits per heavy atom. The first-order valence-corrected chi connectivity index (χ1v) is 13.5. The number of ether oxygens (including phenoxy) is 2. The number of methoxy groups -OCH3 is 1. The zero-order valence-corrected chi connectivity index (χ0v) is 22.5. The smallest absolute Gasteiger partial charge is 0.310 e. The molecule has 1 aromatic heterocycles. The molecule has 0 N–H and O–H groups in total. The van der Waals surface area contributed by atoms with E-state index in [1.807, 2.05) is 25.1 Å². The zero-order valence-electron chi connectivity index (χ0n) is 21.8. The van der Waals surface area contributed by atoms with Gasteiger partial charge in [0.1, 0.15) is 5.75 Å². The van der Waals surface area contributed by atoms with Crippen LogP contribution in [0, 0.1) is 6.92 Å². The predicted molar refractivity (Wildman–Crippen MR) is 146 cm³/mol. The van der Waals surface area contributed by atoms with Crippen LogP contribution in [-0.4, -0.2) is 30.2 Å². The first kappa shape index (κ1) is 27.8. The van der Waals surface area contributed by atoms with E-state index in [2.05, 4.69) is 6.92 Å². The summed E-state index contributed by atoms with van der Waals surface area (Å²) in [5.41, 5.74) is 2.76. The van der Waals surface area contributed by atoms with Gasteiger partial charge < -0.3 is 9.47 Å². The monoisotopic (exact) mass is 511 g/mol. The van der Waals surface area contributed by atoms with Crippen LogP contribution < -0.4 is 4.74 Å². The Bertz CT molecular complexity index is 1150. The van der Waals surface area contributed by atoms with Gasteiger partial charge in [-0.15, -0.1) is 0 Å². The summed E-state index contributed by atoms with van der Waals surface area (Å²) < 4.78 is 12.6. The van der Waals surface area contributed by atoms with E-state index in [-0.39, 0.29) is 18.3 Å². The summed E-state index contributed by atoms with van der Waals surface area (Å²) in [5.74, 6) is 0.218. The second-order valence-corrected chi connectivity index (χ2v) is 9.76. The molecule has 0 bridgehead atoms. The molecule has 5 nitrogen and oxygen atoms in total. The summed E-state index contributed by atoms with van der Waals surface area (Å²) in [6.45, 7) is 4.53. The molecule has 0 saturated carbocycles. The van der Waals surface area contributed by atoms with Gasteiger partial charge in [0.15, 0.2) is 0 Å². The minimum Gasteiger partial charge on any atom is -0.497 e. The fraction of sp³-hybridized carbons (Fsp3) is 0.467. The summed E-state index contributed by atoms with van der Waals surface area (Å²) in [6, 6.07) is 12.4. The van der Waals surface area contributed by atoms with E-state index in [9.17, 15) is 9.59 Å². The molecule has 1 heterocycles. The van der Waals surface area contributed by atoms with Gasteiger partial charge in [0.05, 0.1) is 25.7 Å². The summed E-state index contributed by atoms with van der Waals surface area (Å²) >= 11 is 6.00. The van der Waals surface area contributed by atoms with E-state index >= 15 is 0 Å². The molecule has 2 aromatic carbocycles. The maximum atomic E-state index is 13.4. The minimum atomic E-state index is -0.279. The number of benzene rings is 2. The van der Waals surface area contributed by atoms with E-state index in [0.29, 0.717) is 22.9 Å². The lowest BCUT2D eigenvalue weighted by molar-refractivity contribution is -0.142. The molecule has 0 fully saturated rings. The van der Waals surface area contributed by atoms with Gasteiger partial charge in [-0.3, -0.25) is 14.2 Å². The van der Waals surface area contributed by atoms with Crippen molar-refractivity contribution in [2.45, 2.75) is 78.1 Å². The first-order valence-electron chi connectivity index (χ1n) is 13.1. The molecule has 0 aliphatic rings. The number of rotatable bonds is 14. The van der Waals surface area contributed by atoms with Crippen LogP contribution in [0.4, 0.5) is 0 Å².